The highest BCUT2D eigenvalue weighted by atomic mass is 32.2. The van der Waals surface area contributed by atoms with Crippen LogP contribution in [0.1, 0.15) is 23.8 Å². The largest absolute Gasteiger partial charge is 0.295 e. The summed E-state index contributed by atoms with van der Waals surface area (Å²) in [7, 11) is 0. The van der Waals surface area contributed by atoms with E-state index >= 15 is 0 Å². The Morgan fingerprint density at radius 2 is 2.46 bits per heavy atom. The molecular formula is C8H11N3OS. The predicted octanol–water partition coefficient (Wildman–Crippen LogP) is 1.26. The van der Waals surface area contributed by atoms with Crippen molar-refractivity contribution in [1.29, 1.82) is 0 Å². The number of nitrogens with zero attached hydrogens (tertiary/aromatic N) is 2. The minimum Gasteiger partial charge on any atom is -0.295 e. The van der Waals surface area contributed by atoms with Gasteiger partial charge in [0.2, 0.25) is 0 Å². The third-order valence-electron chi connectivity index (χ3n) is 1.27. The third-order valence-corrected chi connectivity index (χ3v) is 2.21. The molecule has 1 heterocycles. The Kier molecular flexibility index (Phi) is 4.25. The quantitative estimate of drug-likeness (QED) is 0.583. The van der Waals surface area contributed by atoms with Crippen molar-refractivity contribution >= 4 is 17.9 Å². The van der Waals surface area contributed by atoms with Gasteiger partial charge in [-0.3, -0.25) is 14.5 Å². The highest BCUT2D eigenvalue weighted by molar-refractivity contribution is 7.97. The smallest absolute Gasteiger partial charge is 0.281 e. The Hall–Kier alpha value is -1.10. The van der Waals surface area contributed by atoms with Crippen LogP contribution in [0.15, 0.2) is 18.6 Å². The number of amides is 1. The van der Waals surface area contributed by atoms with E-state index in [-0.39, 0.29) is 5.91 Å². The van der Waals surface area contributed by atoms with Gasteiger partial charge in [0.05, 0.1) is 6.20 Å². The van der Waals surface area contributed by atoms with E-state index in [0.717, 1.165) is 12.2 Å². The fourth-order valence-corrected chi connectivity index (χ4v) is 1.23. The molecule has 1 amide bonds. The summed E-state index contributed by atoms with van der Waals surface area (Å²) in [4.78, 5) is 19.0. The van der Waals surface area contributed by atoms with Gasteiger partial charge < -0.3 is 0 Å². The van der Waals surface area contributed by atoms with Gasteiger partial charge in [0, 0.05) is 18.1 Å². The topological polar surface area (TPSA) is 54.9 Å². The van der Waals surface area contributed by atoms with Crippen molar-refractivity contribution < 1.29 is 4.79 Å². The van der Waals surface area contributed by atoms with Crippen molar-refractivity contribution in [3.63, 3.8) is 0 Å². The first-order valence-electron chi connectivity index (χ1n) is 4.02. The molecule has 5 heteroatoms. The fraction of sp³-hybridized carbons (Fsp3) is 0.375. The zero-order chi connectivity index (χ0) is 9.52. The lowest BCUT2D eigenvalue weighted by Gasteiger charge is -2.00. The normalized spacial score (nSPS) is 9.62. The molecule has 0 aliphatic rings. The summed E-state index contributed by atoms with van der Waals surface area (Å²) in [6.45, 7) is 2.06. The Bertz CT molecular complexity index is 265. The van der Waals surface area contributed by atoms with Gasteiger partial charge in [-0.1, -0.05) is 18.9 Å². The summed E-state index contributed by atoms with van der Waals surface area (Å²) < 4.78 is 2.68. The maximum atomic E-state index is 11.3. The van der Waals surface area contributed by atoms with Crippen LogP contribution < -0.4 is 4.72 Å². The number of hydrogen-bond donors (Lipinski definition) is 1. The number of carbonyl (C=O) groups is 1. The van der Waals surface area contributed by atoms with Crippen molar-refractivity contribution in [2.24, 2.45) is 0 Å². The molecule has 0 unspecified atom stereocenters. The van der Waals surface area contributed by atoms with Crippen molar-refractivity contribution in [2.45, 2.75) is 13.3 Å². The summed E-state index contributed by atoms with van der Waals surface area (Å²) in [5.74, 6) is 0.720. The monoisotopic (exact) mass is 197 g/mol. The van der Waals surface area contributed by atoms with Crippen LogP contribution in [0, 0.1) is 0 Å². The second-order valence-electron chi connectivity index (χ2n) is 2.37. The zero-order valence-electron chi connectivity index (χ0n) is 7.36. The molecule has 70 valence electrons. The summed E-state index contributed by atoms with van der Waals surface area (Å²) in [5, 5.41) is 0. The van der Waals surface area contributed by atoms with Crippen molar-refractivity contribution in [3.8, 4) is 0 Å². The van der Waals surface area contributed by atoms with Crippen molar-refractivity contribution in [1.82, 2.24) is 14.7 Å². The summed E-state index contributed by atoms with van der Waals surface area (Å²) in [5.41, 5.74) is 0.353. The van der Waals surface area contributed by atoms with E-state index in [4.69, 9.17) is 0 Å². The van der Waals surface area contributed by atoms with Crippen LogP contribution in [0.25, 0.3) is 0 Å². The lowest BCUT2D eigenvalue weighted by molar-refractivity contribution is 0.0979. The number of nitrogens with one attached hydrogen (secondary N) is 1. The summed E-state index contributed by atoms with van der Waals surface area (Å²) in [6, 6.07) is 0. The van der Waals surface area contributed by atoms with Crippen LogP contribution in [-0.4, -0.2) is 21.6 Å². The van der Waals surface area contributed by atoms with E-state index in [1.807, 2.05) is 0 Å². The van der Waals surface area contributed by atoms with Crippen molar-refractivity contribution in [2.75, 3.05) is 5.75 Å². The molecule has 0 radical (unpaired) electrons. The fourth-order valence-electron chi connectivity index (χ4n) is 0.687. The molecule has 1 aromatic heterocycles. The van der Waals surface area contributed by atoms with Gasteiger partial charge in [-0.05, 0) is 6.42 Å². The first-order valence-corrected chi connectivity index (χ1v) is 5.01. The molecule has 0 aliphatic heterocycles. The van der Waals surface area contributed by atoms with Crippen molar-refractivity contribution in [3.05, 3.63) is 24.3 Å². The molecule has 0 spiro atoms. The molecule has 0 saturated heterocycles. The van der Waals surface area contributed by atoms with Crippen LogP contribution in [-0.2, 0) is 0 Å². The molecule has 0 aliphatic carbocycles. The van der Waals surface area contributed by atoms with E-state index in [9.17, 15) is 4.79 Å². The predicted molar refractivity (Wildman–Crippen MR) is 52.2 cm³/mol. The van der Waals surface area contributed by atoms with E-state index in [1.54, 1.807) is 0 Å². The summed E-state index contributed by atoms with van der Waals surface area (Å²) >= 11 is 1.39. The number of hydrogen-bond acceptors (Lipinski definition) is 4. The molecule has 4 nitrogen and oxygen atoms in total. The molecule has 0 fully saturated rings. The SMILES string of the molecule is CCCSNC(=O)c1cnccn1. The Morgan fingerprint density at radius 1 is 1.62 bits per heavy atom. The molecule has 0 bridgehead atoms. The highest BCUT2D eigenvalue weighted by Crippen LogP contribution is 1.98. The Labute approximate surface area is 81.3 Å². The number of rotatable bonds is 4. The first-order chi connectivity index (χ1) is 6.34. The lowest BCUT2D eigenvalue weighted by Crippen LogP contribution is -2.17. The molecule has 0 aromatic carbocycles. The minimum absolute atomic E-state index is 0.188. The first kappa shape index (κ1) is 9.98. The Morgan fingerprint density at radius 3 is 3.08 bits per heavy atom. The van der Waals surface area contributed by atoms with Crippen LogP contribution in [0.2, 0.25) is 0 Å². The Balaban J connectivity index is 2.40. The van der Waals surface area contributed by atoms with E-state index in [2.05, 4.69) is 21.6 Å². The molecule has 13 heavy (non-hydrogen) atoms. The van der Waals surface area contributed by atoms with Gasteiger partial charge in [0.1, 0.15) is 5.69 Å². The molecule has 0 saturated carbocycles. The number of aromatic nitrogens is 2. The third kappa shape index (κ3) is 3.42. The minimum atomic E-state index is -0.188. The molecule has 1 N–H and O–H groups in total. The van der Waals surface area contributed by atoms with Crippen LogP contribution in [0.4, 0.5) is 0 Å². The second kappa shape index (κ2) is 5.53. The standard InChI is InChI=1S/C8H11N3OS/c1-2-5-13-11-8(12)7-6-9-3-4-10-7/h3-4,6H,2,5H2,1H3,(H,11,12). The van der Waals surface area contributed by atoms with Crippen LogP contribution in [0.3, 0.4) is 0 Å². The highest BCUT2D eigenvalue weighted by Gasteiger charge is 2.04. The molecular weight excluding hydrogens is 186 g/mol. The zero-order valence-corrected chi connectivity index (χ0v) is 8.17. The lowest BCUT2D eigenvalue weighted by atomic mass is 10.4. The number of carbonyl (C=O) groups excluding carboxylic acids is 1. The maximum absolute atomic E-state index is 11.3. The van der Waals surface area contributed by atoms with Gasteiger partial charge in [-0.15, -0.1) is 0 Å². The molecule has 1 aromatic rings. The van der Waals surface area contributed by atoms with Gasteiger partial charge >= 0.3 is 0 Å². The average Bonchev–Trinajstić information content (AvgIpc) is 2.19. The summed E-state index contributed by atoms with van der Waals surface area (Å²) in [6.07, 6.45) is 5.52. The van der Waals surface area contributed by atoms with Gasteiger partial charge in [0.25, 0.3) is 5.91 Å². The van der Waals surface area contributed by atoms with E-state index in [1.165, 1.54) is 30.5 Å². The van der Waals surface area contributed by atoms with E-state index < -0.39 is 0 Å². The van der Waals surface area contributed by atoms with Crippen LogP contribution in [0.5, 0.6) is 0 Å². The van der Waals surface area contributed by atoms with Gasteiger partial charge in [-0.25, -0.2) is 4.98 Å². The maximum Gasteiger partial charge on any atom is 0.281 e. The second-order valence-corrected chi connectivity index (χ2v) is 3.27. The van der Waals surface area contributed by atoms with Gasteiger partial charge in [0.15, 0.2) is 0 Å². The molecule has 0 atom stereocenters. The van der Waals surface area contributed by atoms with Crippen LogP contribution >= 0.6 is 11.9 Å². The average molecular weight is 197 g/mol. The van der Waals surface area contributed by atoms with E-state index in [0.29, 0.717) is 5.69 Å². The molecule has 1 rings (SSSR count). The van der Waals surface area contributed by atoms with Gasteiger partial charge in [-0.2, -0.15) is 0 Å².